The van der Waals surface area contributed by atoms with Crippen molar-refractivity contribution in [3.05, 3.63) is 29.3 Å². The van der Waals surface area contributed by atoms with Crippen molar-refractivity contribution in [2.24, 2.45) is 5.92 Å². The number of carbonyl (C=O) groups is 1. The molecule has 0 heterocycles. The number of benzene rings is 1. The van der Waals surface area contributed by atoms with Crippen LogP contribution in [0.5, 0.6) is 5.75 Å². The molecule has 0 saturated heterocycles. The van der Waals surface area contributed by atoms with E-state index in [9.17, 15) is 9.90 Å². The van der Waals surface area contributed by atoms with Gasteiger partial charge in [0, 0.05) is 5.56 Å². The summed E-state index contributed by atoms with van der Waals surface area (Å²) in [5, 5.41) is 9.23. The van der Waals surface area contributed by atoms with Crippen molar-refractivity contribution in [3.63, 3.8) is 0 Å². The molecule has 1 unspecified atom stereocenters. The van der Waals surface area contributed by atoms with Gasteiger partial charge in [-0.2, -0.15) is 0 Å². The second kappa shape index (κ2) is 5.01. The molecule has 1 atom stereocenters. The Labute approximate surface area is 96.1 Å². The molecule has 0 saturated carbocycles. The van der Waals surface area contributed by atoms with Crippen LogP contribution in [0.3, 0.4) is 0 Å². The molecule has 0 amide bonds. The monoisotopic (exact) mass is 222 g/mol. The molecular formula is C13H18O3. The lowest BCUT2D eigenvalue weighted by Crippen LogP contribution is -2.18. The second-order valence-corrected chi connectivity index (χ2v) is 4.31. The van der Waals surface area contributed by atoms with Gasteiger partial charge in [-0.1, -0.05) is 26.0 Å². The first-order valence-corrected chi connectivity index (χ1v) is 5.34. The molecule has 0 aromatic heterocycles. The molecule has 1 aromatic rings. The molecule has 0 bridgehead atoms. The van der Waals surface area contributed by atoms with Crippen LogP contribution < -0.4 is 4.74 Å². The van der Waals surface area contributed by atoms with Gasteiger partial charge in [0.05, 0.1) is 13.0 Å². The first-order chi connectivity index (χ1) is 7.47. The molecule has 0 aliphatic heterocycles. The van der Waals surface area contributed by atoms with Gasteiger partial charge >= 0.3 is 5.97 Å². The summed E-state index contributed by atoms with van der Waals surface area (Å²) >= 11 is 0. The van der Waals surface area contributed by atoms with E-state index in [2.05, 4.69) is 0 Å². The van der Waals surface area contributed by atoms with Gasteiger partial charge in [-0.25, -0.2) is 0 Å². The third-order valence-electron chi connectivity index (χ3n) is 2.66. The van der Waals surface area contributed by atoms with E-state index in [1.807, 2.05) is 39.0 Å². The summed E-state index contributed by atoms with van der Waals surface area (Å²) in [7, 11) is 1.57. The van der Waals surface area contributed by atoms with Crippen LogP contribution in [0.2, 0.25) is 0 Å². The second-order valence-electron chi connectivity index (χ2n) is 4.31. The van der Waals surface area contributed by atoms with E-state index in [1.165, 1.54) is 0 Å². The van der Waals surface area contributed by atoms with E-state index in [4.69, 9.17) is 4.74 Å². The summed E-state index contributed by atoms with van der Waals surface area (Å²) in [5.41, 5.74) is 1.81. The van der Waals surface area contributed by atoms with Crippen molar-refractivity contribution in [2.45, 2.75) is 26.7 Å². The largest absolute Gasteiger partial charge is 0.496 e. The normalized spacial score (nSPS) is 12.6. The number of hydrogen-bond donors (Lipinski definition) is 1. The lowest BCUT2D eigenvalue weighted by molar-refractivity contribution is -0.139. The maximum absolute atomic E-state index is 11.2. The van der Waals surface area contributed by atoms with Crippen LogP contribution in [0, 0.1) is 12.8 Å². The van der Waals surface area contributed by atoms with Gasteiger partial charge in [0.25, 0.3) is 0 Å². The van der Waals surface area contributed by atoms with Gasteiger partial charge in [0.2, 0.25) is 0 Å². The number of ether oxygens (including phenoxy) is 1. The summed E-state index contributed by atoms with van der Waals surface area (Å²) in [6.07, 6.45) is 0. The number of aliphatic carboxylic acids is 1. The number of methoxy groups -OCH3 is 1. The van der Waals surface area contributed by atoms with Crippen LogP contribution in [0.25, 0.3) is 0 Å². The zero-order chi connectivity index (χ0) is 12.3. The summed E-state index contributed by atoms with van der Waals surface area (Å²) in [4.78, 5) is 11.2. The molecule has 0 radical (unpaired) electrons. The highest BCUT2D eigenvalue weighted by molar-refractivity contribution is 5.77. The first kappa shape index (κ1) is 12.6. The first-order valence-electron chi connectivity index (χ1n) is 5.34. The summed E-state index contributed by atoms with van der Waals surface area (Å²) in [6, 6.07) is 5.62. The Bertz CT molecular complexity index is 383. The standard InChI is InChI=1S/C13H18O3/c1-8(2)12(13(14)15)10-6-5-9(3)7-11(10)16-4/h5-8,12H,1-4H3,(H,14,15). The van der Waals surface area contributed by atoms with Crippen molar-refractivity contribution >= 4 is 5.97 Å². The number of rotatable bonds is 4. The average Bonchev–Trinajstić information content (AvgIpc) is 2.19. The molecule has 0 aliphatic rings. The topological polar surface area (TPSA) is 46.5 Å². The van der Waals surface area contributed by atoms with Crippen LogP contribution in [0.4, 0.5) is 0 Å². The molecule has 1 N–H and O–H groups in total. The fourth-order valence-electron chi connectivity index (χ4n) is 1.85. The maximum Gasteiger partial charge on any atom is 0.311 e. The summed E-state index contributed by atoms with van der Waals surface area (Å²) in [5.74, 6) is -0.636. The Balaban J connectivity index is 3.23. The maximum atomic E-state index is 11.2. The molecule has 0 spiro atoms. The molecule has 16 heavy (non-hydrogen) atoms. The zero-order valence-corrected chi connectivity index (χ0v) is 10.2. The molecule has 1 aromatic carbocycles. The van der Waals surface area contributed by atoms with Gasteiger partial charge in [0.15, 0.2) is 0 Å². The summed E-state index contributed by atoms with van der Waals surface area (Å²) < 4.78 is 5.24. The predicted octanol–water partition coefficient (Wildman–Crippen LogP) is 2.83. The van der Waals surface area contributed by atoms with Crippen molar-refractivity contribution in [3.8, 4) is 5.75 Å². The van der Waals surface area contributed by atoms with Crippen LogP contribution in [0.15, 0.2) is 18.2 Å². The Morgan fingerprint density at radius 3 is 2.44 bits per heavy atom. The quantitative estimate of drug-likeness (QED) is 0.852. The van der Waals surface area contributed by atoms with Crippen LogP contribution in [0.1, 0.15) is 30.9 Å². The van der Waals surface area contributed by atoms with Gasteiger partial charge < -0.3 is 9.84 Å². The molecule has 0 fully saturated rings. The molecule has 1 rings (SSSR count). The highest BCUT2D eigenvalue weighted by Crippen LogP contribution is 2.32. The van der Waals surface area contributed by atoms with E-state index in [-0.39, 0.29) is 5.92 Å². The lowest BCUT2D eigenvalue weighted by Gasteiger charge is -2.19. The van der Waals surface area contributed by atoms with Gasteiger partial charge in [-0.3, -0.25) is 4.79 Å². The fourth-order valence-corrected chi connectivity index (χ4v) is 1.85. The summed E-state index contributed by atoms with van der Waals surface area (Å²) in [6.45, 7) is 5.76. The highest BCUT2D eigenvalue weighted by Gasteiger charge is 2.26. The minimum Gasteiger partial charge on any atom is -0.496 e. The van der Waals surface area contributed by atoms with Crippen molar-refractivity contribution in [2.75, 3.05) is 7.11 Å². The third-order valence-corrected chi connectivity index (χ3v) is 2.66. The Hall–Kier alpha value is -1.51. The van der Waals surface area contributed by atoms with Crippen LogP contribution in [-0.2, 0) is 4.79 Å². The number of aryl methyl sites for hydroxylation is 1. The predicted molar refractivity (Wildman–Crippen MR) is 62.9 cm³/mol. The number of carboxylic acids is 1. The fraction of sp³-hybridized carbons (Fsp3) is 0.462. The van der Waals surface area contributed by atoms with Gasteiger partial charge in [0.1, 0.15) is 5.75 Å². The van der Waals surface area contributed by atoms with Crippen molar-refractivity contribution in [1.29, 1.82) is 0 Å². The number of carboxylic acid groups (broad SMARTS) is 1. The Morgan fingerprint density at radius 1 is 1.38 bits per heavy atom. The molecule has 3 heteroatoms. The molecule has 3 nitrogen and oxygen atoms in total. The minimum atomic E-state index is -0.808. The van der Waals surface area contributed by atoms with Gasteiger partial charge in [-0.15, -0.1) is 0 Å². The number of hydrogen-bond acceptors (Lipinski definition) is 2. The highest BCUT2D eigenvalue weighted by atomic mass is 16.5. The average molecular weight is 222 g/mol. The van der Waals surface area contributed by atoms with Gasteiger partial charge in [-0.05, 0) is 24.5 Å². The molecular weight excluding hydrogens is 204 g/mol. The van der Waals surface area contributed by atoms with Crippen LogP contribution in [-0.4, -0.2) is 18.2 Å². The van der Waals surface area contributed by atoms with E-state index in [0.717, 1.165) is 11.1 Å². The van der Waals surface area contributed by atoms with E-state index >= 15 is 0 Å². The van der Waals surface area contributed by atoms with Crippen molar-refractivity contribution < 1.29 is 14.6 Å². The van der Waals surface area contributed by atoms with Crippen LogP contribution >= 0.6 is 0 Å². The SMILES string of the molecule is COc1cc(C)ccc1C(C(=O)O)C(C)C. The molecule has 88 valence electrons. The van der Waals surface area contributed by atoms with E-state index < -0.39 is 11.9 Å². The zero-order valence-electron chi connectivity index (χ0n) is 10.2. The molecule has 0 aliphatic carbocycles. The Kier molecular flexibility index (Phi) is 3.93. The van der Waals surface area contributed by atoms with Crippen molar-refractivity contribution in [1.82, 2.24) is 0 Å². The van der Waals surface area contributed by atoms with E-state index in [1.54, 1.807) is 7.11 Å². The third kappa shape index (κ3) is 2.54. The smallest absolute Gasteiger partial charge is 0.311 e. The minimum absolute atomic E-state index is 0.0362. The lowest BCUT2D eigenvalue weighted by atomic mass is 9.87. The van der Waals surface area contributed by atoms with E-state index in [0.29, 0.717) is 5.75 Å². The Morgan fingerprint density at radius 2 is 2.00 bits per heavy atom.